The first-order valence-corrected chi connectivity index (χ1v) is 10.4. The molecule has 31 heavy (non-hydrogen) atoms. The van der Waals surface area contributed by atoms with Crippen molar-refractivity contribution in [1.82, 2.24) is 30.6 Å². The lowest BCUT2D eigenvalue weighted by Gasteiger charge is -2.22. The second-order valence-corrected chi connectivity index (χ2v) is 7.92. The van der Waals surface area contributed by atoms with Crippen molar-refractivity contribution in [2.75, 3.05) is 6.54 Å². The summed E-state index contributed by atoms with van der Waals surface area (Å²) in [6, 6.07) is 8.59. The SMILES string of the molecule is Cc1nc([C@@H]2C[C@H](NC(=O)c3ccccc3)CN2C(=O)CCc2c(C)noc2C)n[nH]1. The van der Waals surface area contributed by atoms with Gasteiger partial charge in [-0.25, -0.2) is 4.98 Å². The number of aromatic amines is 1. The Kier molecular flexibility index (Phi) is 5.83. The van der Waals surface area contributed by atoms with Crippen LogP contribution in [0.15, 0.2) is 34.9 Å². The second kappa shape index (κ2) is 8.71. The number of amides is 2. The summed E-state index contributed by atoms with van der Waals surface area (Å²) in [6.07, 6.45) is 1.44. The predicted octanol–water partition coefficient (Wildman–Crippen LogP) is 2.42. The van der Waals surface area contributed by atoms with Gasteiger partial charge in [0.2, 0.25) is 5.91 Å². The van der Waals surface area contributed by atoms with Crippen LogP contribution in [0.25, 0.3) is 0 Å². The van der Waals surface area contributed by atoms with Gasteiger partial charge in [-0.15, -0.1) is 0 Å². The summed E-state index contributed by atoms with van der Waals surface area (Å²) in [7, 11) is 0. The van der Waals surface area contributed by atoms with Crippen molar-refractivity contribution in [3.8, 4) is 0 Å². The molecular weight excluding hydrogens is 396 g/mol. The van der Waals surface area contributed by atoms with Crippen LogP contribution in [0.2, 0.25) is 0 Å². The van der Waals surface area contributed by atoms with Crippen molar-refractivity contribution in [3.05, 3.63) is 64.6 Å². The number of aryl methyl sites for hydroxylation is 3. The molecule has 2 N–H and O–H groups in total. The molecular formula is C22H26N6O3. The second-order valence-electron chi connectivity index (χ2n) is 7.92. The summed E-state index contributed by atoms with van der Waals surface area (Å²) in [5.74, 6) is 1.83. The molecule has 1 aliphatic rings. The Morgan fingerprint density at radius 3 is 2.65 bits per heavy atom. The number of hydrogen-bond donors (Lipinski definition) is 2. The summed E-state index contributed by atoms with van der Waals surface area (Å²) < 4.78 is 5.20. The van der Waals surface area contributed by atoms with Gasteiger partial charge >= 0.3 is 0 Å². The fourth-order valence-electron chi connectivity index (χ4n) is 4.06. The van der Waals surface area contributed by atoms with E-state index < -0.39 is 0 Å². The summed E-state index contributed by atoms with van der Waals surface area (Å²) >= 11 is 0. The molecule has 0 spiro atoms. The Balaban J connectivity index is 1.48. The molecule has 9 nitrogen and oxygen atoms in total. The van der Waals surface area contributed by atoms with Crippen LogP contribution in [0.1, 0.15) is 57.9 Å². The number of H-pyrrole nitrogens is 1. The molecule has 0 unspecified atom stereocenters. The van der Waals surface area contributed by atoms with Crippen molar-refractivity contribution < 1.29 is 14.1 Å². The van der Waals surface area contributed by atoms with Gasteiger partial charge in [0.15, 0.2) is 5.82 Å². The summed E-state index contributed by atoms with van der Waals surface area (Å²) in [5.41, 5.74) is 2.36. The van der Waals surface area contributed by atoms with Crippen LogP contribution in [0.5, 0.6) is 0 Å². The third kappa shape index (κ3) is 4.50. The van der Waals surface area contributed by atoms with E-state index in [1.54, 1.807) is 17.0 Å². The normalized spacial score (nSPS) is 18.4. The molecule has 4 rings (SSSR count). The molecule has 2 aromatic heterocycles. The molecule has 3 aromatic rings. The van der Waals surface area contributed by atoms with Crippen LogP contribution in [0, 0.1) is 20.8 Å². The Hall–Kier alpha value is -3.49. The number of nitrogens with zero attached hydrogens (tertiary/aromatic N) is 4. The van der Waals surface area contributed by atoms with E-state index in [1.807, 2.05) is 39.0 Å². The van der Waals surface area contributed by atoms with E-state index in [2.05, 4.69) is 25.7 Å². The van der Waals surface area contributed by atoms with E-state index >= 15 is 0 Å². The maximum Gasteiger partial charge on any atom is 0.251 e. The summed E-state index contributed by atoms with van der Waals surface area (Å²) in [5, 5.41) is 14.1. The third-order valence-corrected chi connectivity index (χ3v) is 5.68. The highest BCUT2D eigenvalue weighted by Crippen LogP contribution is 2.31. The molecule has 0 aliphatic carbocycles. The number of aromatic nitrogens is 4. The molecule has 0 radical (unpaired) electrons. The van der Waals surface area contributed by atoms with Crippen molar-refractivity contribution in [2.24, 2.45) is 0 Å². The van der Waals surface area contributed by atoms with Crippen LogP contribution in [-0.2, 0) is 11.2 Å². The number of likely N-dealkylation sites (tertiary alicyclic amines) is 1. The first-order valence-electron chi connectivity index (χ1n) is 10.4. The monoisotopic (exact) mass is 422 g/mol. The van der Waals surface area contributed by atoms with Crippen LogP contribution < -0.4 is 5.32 Å². The predicted molar refractivity (Wildman–Crippen MR) is 112 cm³/mol. The number of benzene rings is 1. The zero-order valence-corrected chi connectivity index (χ0v) is 17.9. The van der Waals surface area contributed by atoms with Gasteiger partial charge in [0.05, 0.1) is 11.7 Å². The van der Waals surface area contributed by atoms with Crippen molar-refractivity contribution in [1.29, 1.82) is 0 Å². The van der Waals surface area contributed by atoms with Gasteiger partial charge in [0, 0.05) is 30.1 Å². The lowest BCUT2D eigenvalue weighted by Crippen LogP contribution is -2.38. The van der Waals surface area contributed by atoms with E-state index in [-0.39, 0.29) is 23.9 Å². The first-order chi connectivity index (χ1) is 14.9. The largest absolute Gasteiger partial charge is 0.361 e. The quantitative estimate of drug-likeness (QED) is 0.630. The summed E-state index contributed by atoms with van der Waals surface area (Å²) in [6.45, 7) is 5.96. The van der Waals surface area contributed by atoms with Crippen molar-refractivity contribution >= 4 is 11.8 Å². The number of hydrogen-bond acceptors (Lipinski definition) is 6. The zero-order valence-electron chi connectivity index (χ0n) is 17.9. The lowest BCUT2D eigenvalue weighted by molar-refractivity contribution is -0.132. The van der Waals surface area contributed by atoms with Gasteiger partial charge in [-0.3, -0.25) is 14.7 Å². The molecule has 9 heteroatoms. The highest BCUT2D eigenvalue weighted by atomic mass is 16.5. The third-order valence-electron chi connectivity index (χ3n) is 5.68. The Morgan fingerprint density at radius 1 is 1.23 bits per heavy atom. The van der Waals surface area contributed by atoms with Gasteiger partial charge < -0.3 is 14.7 Å². The van der Waals surface area contributed by atoms with Gasteiger partial charge in [-0.05, 0) is 45.7 Å². The van der Waals surface area contributed by atoms with E-state index in [1.165, 1.54) is 0 Å². The fourth-order valence-corrected chi connectivity index (χ4v) is 4.06. The van der Waals surface area contributed by atoms with E-state index in [4.69, 9.17) is 4.52 Å². The molecule has 3 heterocycles. The Bertz CT molecular complexity index is 1050. The molecule has 0 saturated carbocycles. The zero-order chi connectivity index (χ0) is 22.0. The van der Waals surface area contributed by atoms with Gasteiger partial charge in [-0.1, -0.05) is 23.4 Å². The maximum absolute atomic E-state index is 13.2. The molecule has 162 valence electrons. The number of nitrogens with one attached hydrogen (secondary N) is 2. The van der Waals surface area contributed by atoms with Gasteiger partial charge in [0.1, 0.15) is 11.6 Å². The standard InChI is InChI=1S/C22H26N6O3/c1-13-18(14(2)31-27-13)9-10-20(29)28-12-17(11-19(28)21-23-15(3)25-26-21)24-22(30)16-7-5-4-6-8-16/h4-8,17,19H,9-12H2,1-3H3,(H,24,30)(H,23,25,26)/t17-,19-/m0/s1. The lowest BCUT2D eigenvalue weighted by atomic mass is 10.1. The van der Waals surface area contributed by atoms with Gasteiger partial charge in [-0.2, -0.15) is 5.10 Å². The van der Waals surface area contributed by atoms with E-state index in [9.17, 15) is 9.59 Å². The average molecular weight is 422 g/mol. The minimum absolute atomic E-state index is 0.0103. The Labute approximate surface area is 180 Å². The molecule has 1 saturated heterocycles. The van der Waals surface area contributed by atoms with Crippen LogP contribution >= 0.6 is 0 Å². The van der Waals surface area contributed by atoms with Crippen LogP contribution in [0.3, 0.4) is 0 Å². The minimum atomic E-state index is -0.289. The first kappa shape index (κ1) is 20.8. The average Bonchev–Trinajstić information content (AvgIpc) is 3.46. The molecule has 1 aromatic carbocycles. The van der Waals surface area contributed by atoms with Crippen molar-refractivity contribution in [3.63, 3.8) is 0 Å². The smallest absolute Gasteiger partial charge is 0.251 e. The van der Waals surface area contributed by atoms with Crippen molar-refractivity contribution in [2.45, 2.75) is 52.1 Å². The highest BCUT2D eigenvalue weighted by Gasteiger charge is 2.39. The van der Waals surface area contributed by atoms with Gasteiger partial charge in [0.25, 0.3) is 5.91 Å². The topological polar surface area (TPSA) is 117 Å². The molecule has 2 atom stereocenters. The number of rotatable bonds is 6. The fraction of sp³-hybridized carbons (Fsp3) is 0.409. The molecule has 2 amide bonds. The molecule has 1 aliphatic heterocycles. The Morgan fingerprint density at radius 2 is 2.00 bits per heavy atom. The number of carbonyl (C=O) groups is 2. The molecule has 1 fully saturated rings. The maximum atomic E-state index is 13.2. The van der Waals surface area contributed by atoms with E-state index in [0.29, 0.717) is 43.0 Å². The number of carbonyl (C=O) groups excluding carboxylic acids is 2. The summed E-state index contributed by atoms with van der Waals surface area (Å²) in [4.78, 5) is 32.0. The van der Waals surface area contributed by atoms with Crippen LogP contribution in [-0.4, -0.2) is 49.6 Å². The molecule has 0 bridgehead atoms. The van der Waals surface area contributed by atoms with Crippen LogP contribution in [0.4, 0.5) is 0 Å². The van der Waals surface area contributed by atoms with E-state index in [0.717, 1.165) is 17.0 Å². The minimum Gasteiger partial charge on any atom is -0.361 e. The highest BCUT2D eigenvalue weighted by molar-refractivity contribution is 5.94.